The third-order valence-electron chi connectivity index (χ3n) is 7.36. The summed E-state index contributed by atoms with van der Waals surface area (Å²) in [5, 5.41) is 0. The minimum atomic E-state index is -0.220. The molecule has 6 nitrogen and oxygen atoms in total. The van der Waals surface area contributed by atoms with Crippen LogP contribution in [0.15, 0.2) is 0 Å². The number of hydrogen-bond donors (Lipinski definition) is 0. The fourth-order valence-electron chi connectivity index (χ4n) is 5.57. The van der Waals surface area contributed by atoms with Crippen LogP contribution in [-0.4, -0.2) is 85.5 Å². The highest BCUT2D eigenvalue weighted by atomic mass is 16.5. The molecule has 0 spiro atoms. The molecule has 0 aromatic rings. The van der Waals surface area contributed by atoms with Gasteiger partial charge in [0, 0.05) is 45.1 Å². The van der Waals surface area contributed by atoms with Gasteiger partial charge in [0.05, 0.1) is 7.11 Å². The first-order chi connectivity index (χ1) is 14.7. The summed E-state index contributed by atoms with van der Waals surface area (Å²) in [5.41, 5.74) is 0. The molecule has 0 aromatic carbocycles. The van der Waals surface area contributed by atoms with Crippen LogP contribution in [-0.2, 0) is 14.3 Å². The molecule has 30 heavy (non-hydrogen) atoms. The Morgan fingerprint density at radius 1 is 0.933 bits per heavy atom. The van der Waals surface area contributed by atoms with Gasteiger partial charge in [-0.05, 0) is 70.5 Å². The van der Waals surface area contributed by atoms with Crippen molar-refractivity contribution in [1.82, 2.24) is 14.7 Å². The summed E-state index contributed by atoms with van der Waals surface area (Å²) >= 11 is 0. The normalized spacial score (nSPS) is 24.1. The Bertz CT molecular complexity index is 530. The molecule has 2 aliphatic heterocycles. The van der Waals surface area contributed by atoms with E-state index in [9.17, 15) is 9.59 Å². The molecule has 1 atom stereocenters. The van der Waals surface area contributed by atoms with Crippen molar-refractivity contribution in [3.63, 3.8) is 0 Å². The average Bonchev–Trinajstić information content (AvgIpc) is 3.32. The predicted molar refractivity (Wildman–Crippen MR) is 119 cm³/mol. The van der Waals surface area contributed by atoms with Crippen LogP contribution in [0.2, 0.25) is 0 Å². The lowest BCUT2D eigenvalue weighted by atomic mass is 9.95. The summed E-state index contributed by atoms with van der Waals surface area (Å²) in [6, 6.07) is 0.783. The molecule has 0 bridgehead atoms. The molecule has 2 heterocycles. The van der Waals surface area contributed by atoms with Gasteiger partial charge in [0.25, 0.3) is 0 Å². The number of piperidine rings is 2. The number of likely N-dealkylation sites (tertiary alicyclic amines) is 2. The summed E-state index contributed by atoms with van der Waals surface area (Å²) < 4.78 is 4.73. The largest absolute Gasteiger partial charge is 0.469 e. The van der Waals surface area contributed by atoms with Crippen molar-refractivity contribution in [1.29, 1.82) is 0 Å². The summed E-state index contributed by atoms with van der Waals surface area (Å²) in [6.45, 7) is 7.43. The number of carbonyl (C=O) groups is 2. The lowest BCUT2D eigenvalue weighted by Crippen LogP contribution is -2.47. The molecular weight excluding hydrogens is 378 g/mol. The fraction of sp³-hybridized carbons (Fsp3) is 0.917. The molecule has 3 rings (SSSR count). The van der Waals surface area contributed by atoms with Crippen LogP contribution in [0.5, 0.6) is 0 Å². The van der Waals surface area contributed by atoms with Gasteiger partial charge in [0.2, 0.25) is 5.91 Å². The third-order valence-corrected chi connectivity index (χ3v) is 7.36. The van der Waals surface area contributed by atoms with Crippen molar-refractivity contribution < 1.29 is 14.3 Å². The summed E-state index contributed by atoms with van der Waals surface area (Å²) in [4.78, 5) is 31.8. The SMILES string of the molecule is COC(=O)CCCC(=O)N(CCN1CCCCC1)C[C@H]1CCCN(C2CCCC2)C1. The molecule has 0 N–H and O–H groups in total. The molecule has 172 valence electrons. The van der Waals surface area contributed by atoms with E-state index < -0.39 is 0 Å². The average molecular weight is 422 g/mol. The molecule has 0 unspecified atom stereocenters. The molecule has 1 saturated carbocycles. The van der Waals surface area contributed by atoms with Crippen LogP contribution < -0.4 is 0 Å². The highest BCUT2D eigenvalue weighted by Gasteiger charge is 2.29. The molecule has 3 fully saturated rings. The van der Waals surface area contributed by atoms with Gasteiger partial charge in [0.15, 0.2) is 0 Å². The van der Waals surface area contributed by atoms with Crippen LogP contribution in [0.3, 0.4) is 0 Å². The Balaban J connectivity index is 1.51. The minimum absolute atomic E-state index is 0.217. The zero-order valence-electron chi connectivity index (χ0n) is 19.2. The molecule has 1 aliphatic carbocycles. The summed E-state index contributed by atoms with van der Waals surface area (Å²) in [6.07, 6.45) is 13.3. The van der Waals surface area contributed by atoms with Crippen molar-refractivity contribution in [2.75, 3.05) is 52.9 Å². The first kappa shape index (κ1) is 23.5. The number of rotatable bonds is 10. The highest BCUT2D eigenvalue weighted by molar-refractivity contribution is 5.77. The van der Waals surface area contributed by atoms with Gasteiger partial charge >= 0.3 is 5.97 Å². The fourth-order valence-corrected chi connectivity index (χ4v) is 5.57. The molecular formula is C24H43N3O3. The molecule has 3 aliphatic rings. The van der Waals surface area contributed by atoms with Gasteiger partial charge in [-0.3, -0.25) is 9.59 Å². The number of ether oxygens (including phenoxy) is 1. The lowest BCUT2D eigenvalue weighted by Gasteiger charge is -2.39. The molecule has 0 radical (unpaired) electrons. The van der Waals surface area contributed by atoms with Crippen molar-refractivity contribution in [3.05, 3.63) is 0 Å². The van der Waals surface area contributed by atoms with E-state index in [0.717, 1.165) is 32.2 Å². The Morgan fingerprint density at radius 3 is 2.43 bits per heavy atom. The smallest absolute Gasteiger partial charge is 0.305 e. The topological polar surface area (TPSA) is 53.1 Å². The van der Waals surface area contributed by atoms with E-state index in [4.69, 9.17) is 4.74 Å². The number of nitrogens with zero attached hydrogens (tertiary/aromatic N) is 3. The van der Waals surface area contributed by atoms with Crippen molar-refractivity contribution >= 4 is 11.9 Å². The molecule has 0 aromatic heterocycles. The number of carbonyl (C=O) groups excluding carboxylic acids is 2. The first-order valence-corrected chi connectivity index (χ1v) is 12.5. The second kappa shape index (κ2) is 12.7. The summed E-state index contributed by atoms with van der Waals surface area (Å²) in [7, 11) is 1.41. The van der Waals surface area contributed by atoms with Crippen LogP contribution in [0, 0.1) is 5.92 Å². The Hall–Kier alpha value is -1.14. The Morgan fingerprint density at radius 2 is 1.70 bits per heavy atom. The van der Waals surface area contributed by atoms with Gasteiger partial charge in [-0.25, -0.2) is 0 Å². The number of esters is 1. The maximum absolute atomic E-state index is 13.0. The Kier molecular flexibility index (Phi) is 9.92. The van der Waals surface area contributed by atoms with E-state index in [2.05, 4.69) is 14.7 Å². The third kappa shape index (κ3) is 7.52. The second-order valence-corrected chi connectivity index (χ2v) is 9.61. The van der Waals surface area contributed by atoms with Crippen LogP contribution >= 0.6 is 0 Å². The molecule has 1 amide bonds. The maximum Gasteiger partial charge on any atom is 0.305 e. The van der Waals surface area contributed by atoms with Crippen molar-refractivity contribution in [2.24, 2.45) is 5.92 Å². The van der Waals surface area contributed by atoms with Gasteiger partial charge in [-0.15, -0.1) is 0 Å². The molecule has 2 saturated heterocycles. The van der Waals surface area contributed by atoms with Crippen molar-refractivity contribution in [2.45, 2.75) is 83.1 Å². The second-order valence-electron chi connectivity index (χ2n) is 9.61. The lowest BCUT2D eigenvalue weighted by molar-refractivity contribution is -0.141. The number of methoxy groups -OCH3 is 1. The van der Waals surface area contributed by atoms with Crippen LogP contribution in [0.25, 0.3) is 0 Å². The zero-order chi connectivity index (χ0) is 21.2. The zero-order valence-corrected chi connectivity index (χ0v) is 19.2. The van der Waals surface area contributed by atoms with E-state index in [-0.39, 0.29) is 11.9 Å². The van der Waals surface area contributed by atoms with Crippen LogP contribution in [0.4, 0.5) is 0 Å². The van der Waals surface area contributed by atoms with Gasteiger partial charge in [-0.1, -0.05) is 19.3 Å². The van der Waals surface area contributed by atoms with E-state index >= 15 is 0 Å². The summed E-state index contributed by atoms with van der Waals surface area (Å²) in [5.74, 6) is 0.585. The van der Waals surface area contributed by atoms with Gasteiger partial charge in [0.1, 0.15) is 0 Å². The number of hydrogen-bond acceptors (Lipinski definition) is 5. The van der Waals surface area contributed by atoms with E-state index in [0.29, 0.717) is 25.2 Å². The van der Waals surface area contributed by atoms with Gasteiger partial charge < -0.3 is 19.4 Å². The number of amides is 1. The highest BCUT2D eigenvalue weighted by Crippen LogP contribution is 2.28. The molecule has 6 heteroatoms. The quantitative estimate of drug-likeness (QED) is 0.507. The van der Waals surface area contributed by atoms with Crippen LogP contribution in [0.1, 0.15) is 77.0 Å². The van der Waals surface area contributed by atoms with Crippen molar-refractivity contribution in [3.8, 4) is 0 Å². The van der Waals surface area contributed by atoms with E-state index in [1.807, 2.05) is 0 Å². The van der Waals surface area contributed by atoms with Gasteiger partial charge in [-0.2, -0.15) is 0 Å². The first-order valence-electron chi connectivity index (χ1n) is 12.5. The maximum atomic E-state index is 13.0. The Labute approximate surface area is 183 Å². The standard InChI is InChI=1S/C24H43N3O3/c1-30-24(29)13-7-12-23(28)27(18-17-25-14-5-2-6-15-25)20-21-9-8-16-26(19-21)22-10-3-4-11-22/h21-22H,2-20H2,1H3/t21-/m0/s1. The van der Waals surface area contributed by atoms with E-state index in [1.54, 1.807) is 0 Å². The van der Waals surface area contributed by atoms with E-state index in [1.165, 1.54) is 84.5 Å². The monoisotopic (exact) mass is 421 g/mol. The predicted octanol–water partition coefficient (Wildman–Crippen LogP) is 3.30. The minimum Gasteiger partial charge on any atom is -0.469 e.